The second kappa shape index (κ2) is 4.92. The lowest BCUT2D eigenvalue weighted by Gasteiger charge is -1.82. The molecule has 68 valence electrons. The summed E-state index contributed by atoms with van der Waals surface area (Å²) in [6.45, 7) is 1.88. The number of nitrogens with one attached hydrogen (secondary N) is 1. The van der Waals surface area contributed by atoms with Crippen LogP contribution in [-0.4, -0.2) is 20.5 Å². The van der Waals surface area contributed by atoms with Gasteiger partial charge in [0.15, 0.2) is 0 Å². The van der Waals surface area contributed by atoms with Gasteiger partial charge in [0.25, 0.3) is 0 Å². The van der Waals surface area contributed by atoms with Crippen LogP contribution in [0.1, 0.15) is 5.69 Å². The molecule has 2 N–H and O–H groups in total. The zero-order valence-corrected chi connectivity index (χ0v) is 7.31. The molecule has 0 amide bonds. The number of aromatic amines is 1. The maximum Gasteiger partial charge on any atom is 0.115 e. The Hall–Kier alpha value is -1.84. The number of phenols is 1. The summed E-state index contributed by atoms with van der Waals surface area (Å²) in [7, 11) is 0. The average Bonchev–Trinajstić information content (AvgIpc) is 2.58. The van der Waals surface area contributed by atoms with E-state index in [0.29, 0.717) is 5.75 Å². The fourth-order valence-electron chi connectivity index (χ4n) is 0.687. The summed E-state index contributed by atoms with van der Waals surface area (Å²) in [6.07, 6.45) is 1.67. The average molecular weight is 177 g/mol. The van der Waals surface area contributed by atoms with E-state index in [1.165, 1.54) is 0 Å². The van der Waals surface area contributed by atoms with Gasteiger partial charge in [-0.3, -0.25) is 0 Å². The molecular formula is C9H11N3O. The standard InChI is InChI=1S/C6H6O.C3H5N3/c7-6-4-2-1-3-5-6;1-3-2-4-6-5-3/h1-5,7H;2H,1H3,(H,4,5,6). The van der Waals surface area contributed by atoms with Gasteiger partial charge in [0.1, 0.15) is 5.75 Å². The summed E-state index contributed by atoms with van der Waals surface area (Å²) in [6, 6.07) is 8.71. The van der Waals surface area contributed by atoms with E-state index < -0.39 is 0 Å². The first-order valence-electron chi connectivity index (χ1n) is 3.85. The van der Waals surface area contributed by atoms with Crippen LogP contribution in [0.25, 0.3) is 0 Å². The van der Waals surface area contributed by atoms with Gasteiger partial charge in [-0.25, -0.2) is 0 Å². The Bertz CT molecular complexity index is 318. The number of rotatable bonds is 0. The monoisotopic (exact) mass is 177 g/mol. The van der Waals surface area contributed by atoms with E-state index in [1.54, 1.807) is 30.5 Å². The molecule has 4 heteroatoms. The Morgan fingerprint density at radius 3 is 2.15 bits per heavy atom. The summed E-state index contributed by atoms with van der Waals surface area (Å²) in [5.41, 5.74) is 0.926. The molecule has 1 aromatic heterocycles. The first-order chi connectivity index (χ1) is 6.29. The van der Waals surface area contributed by atoms with Crippen LogP contribution < -0.4 is 0 Å². The number of phenolic OH excluding ortho intramolecular Hbond substituents is 1. The van der Waals surface area contributed by atoms with Crippen molar-refractivity contribution in [2.75, 3.05) is 0 Å². The Balaban J connectivity index is 0.000000132. The van der Waals surface area contributed by atoms with Crippen molar-refractivity contribution in [2.24, 2.45) is 0 Å². The molecular weight excluding hydrogens is 166 g/mol. The third-order valence-corrected chi connectivity index (χ3v) is 1.29. The molecule has 0 unspecified atom stereocenters. The van der Waals surface area contributed by atoms with Crippen LogP contribution in [0.5, 0.6) is 5.75 Å². The van der Waals surface area contributed by atoms with Crippen molar-refractivity contribution in [3.8, 4) is 5.75 Å². The SMILES string of the molecule is Cc1cn[nH]n1.Oc1ccccc1. The third kappa shape index (κ3) is 3.91. The van der Waals surface area contributed by atoms with Gasteiger partial charge >= 0.3 is 0 Å². The number of aromatic hydroxyl groups is 1. The quantitative estimate of drug-likeness (QED) is 0.641. The number of para-hydroxylation sites is 1. The van der Waals surface area contributed by atoms with Crippen LogP contribution in [0.15, 0.2) is 36.5 Å². The van der Waals surface area contributed by atoms with E-state index in [0.717, 1.165) is 5.69 Å². The molecule has 2 aromatic rings. The van der Waals surface area contributed by atoms with E-state index in [4.69, 9.17) is 5.11 Å². The van der Waals surface area contributed by atoms with Crippen molar-refractivity contribution in [3.63, 3.8) is 0 Å². The van der Waals surface area contributed by atoms with Crippen LogP contribution in [0.4, 0.5) is 0 Å². The Kier molecular flexibility index (Phi) is 3.50. The molecule has 0 fully saturated rings. The van der Waals surface area contributed by atoms with Gasteiger partial charge in [0.05, 0.1) is 11.9 Å². The van der Waals surface area contributed by atoms with Crippen molar-refractivity contribution < 1.29 is 5.11 Å². The van der Waals surface area contributed by atoms with Gasteiger partial charge in [0.2, 0.25) is 0 Å². The van der Waals surface area contributed by atoms with Crippen molar-refractivity contribution in [2.45, 2.75) is 6.92 Å². The normalized spacial score (nSPS) is 8.69. The molecule has 2 rings (SSSR count). The molecule has 0 saturated heterocycles. The predicted octanol–water partition coefficient (Wildman–Crippen LogP) is 1.51. The number of H-pyrrole nitrogens is 1. The fraction of sp³-hybridized carbons (Fsp3) is 0.111. The lowest BCUT2D eigenvalue weighted by Crippen LogP contribution is -1.66. The summed E-state index contributed by atoms with van der Waals surface area (Å²) in [4.78, 5) is 0. The van der Waals surface area contributed by atoms with Gasteiger partial charge in [0, 0.05) is 0 Å². The van der Waals surface area contributed by atoms with Crippen molar-refractivity contribution in [3.05, 3.63) is 42.2 Å². The van der Waals surface area contributed by atoms with E-state index in [-0.39, 0.29) is 0 Å². The number of hydrogen-bond acceptors (Lipinski definition) is 3. The van der Waals surface area contributed by atoms with E-state index in [1.807, 2.05) is 13.0 Å². The van der Waals surface area contributed by atoms with Gasteiger partial charge in [-0.15, -0.1) is 0 Å². The molecule has 0 bridgehead atoms. The lowest BCUT2D eigenvalue weighted by molar-refractivity contribution is 0.475. The molecule has 13 heavy (non-hydrogen) atoms. The Morgan fingerprint density at radius 1 is 1.23 bits per heavy atom. The van der Waals surface area contributed by atoms with E-state index in [9.17, 15) is 0 Å². The zero-order chi connectivity index (χ0) is 9.52. The maximum atomic E-state index is 8.63. The minimum Gasteiger partial charge on any atom is -0.508 e. The second-order valence-electron chi connectivity index (χ2n) is 2.45. The number of nitrogens with zero attached hydrogens (tertiary/aromatic N) is 2. The highest BCUT2D eigenvalue weighted by Gasteiger charge is 1.76. The van der Waals surface area contributed by atoms with Crippen molar-refractivity contribution in [1.82, 2.24) is 15.4 Å². The zero-order valence-electron chi connectivity index (χ0n) is 7.31. The van der Waals surface area contributed by atoms with Crippen LogP contribution in [-0.2, 0) is 0 Å². The minimum atomic E-state index is 0.322. The van der Waals surface area contributed by atoms with Crippen molar-refractivity contribution in [1.29, 1.82) is 0 Å². The van der Waals surface area contributed by atoms with Crippen molar-refractivity contribution >= 4 is 0 Å². The number of hydrogen-bond donors (Lipinski definition) is 2. The molecule has 1 aromatic carbocycles. The van der Waals surface area contributed by atoms with E-state index in [2.05, 4.69) is 15.4 Å². The van der Waals surface area contributed by atoms with E-state index >= 15 is 0 Å². The molecule has 0 radical (unpaired) electrons. The summed E-state index contributed by atoms with van der Waals surface area (Å²) < 4.78 is 0. The third-order valence-electron chi connectivity index (χ3n) is 1.29. The smallest absolute Gasteiger partial charge is 0.115 e. The highest BCUT2D eigenvalue weighted by molar-refractivity contribution is 5.18. The Labute approximate surface area is 76.2 Å². The molecule has 0 aliphatic carbocycles. The highest BCUT2D eigenvalue weighted by atomic mass is 16.3. The molecule has 0 spiro atoms. The second-order valence-corrected chi connectivity index (χ2v) is 2.45. The first-order valence-corrected chi connectivity index (χ1v) is 3.85. The van der Waals surface area contributed by atoms with Gasteiger partial charge < -0.3 is 5.11 Å². The van der Waals surface area contributed by atoms with Gasteiger partial charge in [-0.05, 0) is 19.1 Å². The highest BCUT2D eigenvalue weighted by Crippen LogP contribution is 2.02. The Morgan fingerprint density at radius 2 is 1.92 bits per heavy atom. The number of aryl methyl sites for hydroxylation is 1. The van der Waals surface area contributed by atoms with Crippen LogP contribution in [0, 0.1) is 6.92 Å². The summed E-state index contributed by atoms with van der Waals surface area (Å²) in [5, 5.41) is 18.3. The molecule has 4 nitrogen and oxygen atoms in total. The fourth-order valence-corrected chi connectivity index (χ4v) is 0.687. The summed E-state index contributed by atoms with van der Waals surface area (Å²) in [5.74, 6) is 0.322. The number of aromatic nitrogens is 3. The van der Waals surface area contributed by atoms with Crippen LogP contribution in [0.3, 0.4) is 0 Å². The largest absolute Gasteiger partial charge is 0.508 e. The number of benzene rings is 1. The topological polar surface area (TPSA) is 61.8 Å². The van der Waals surface area contributed by atoms with Crippen LogP contribution in [0.2, 0.25) is 0 Å². The molecule has 1 heterocycles. The minimum absolute atomic E-state index is 0.322. The van der Waals surface area contributed by atoms with Gasteiger partial charge in [-0.1, -0.05) is 18.2 Å². The molecule has 0 saturated carbocycles. The molecule has 0 atom stereocenters. The molecule has 0 aliphatic rings. The lowest BCUT2D eigenvalue weighted by atomic mass is 10.3. The van der Waals surface area contributed by atoms with Crippen LogP contribution >= 0.6 is 0 Å². The first kappa shape index (κ1) is 9.25. The molecule has 0 aliphatic heterocycles. The maximum absolute atomic E-state index is 8.63. The summed E-state index contributed by atoms with van der Waals surface area (Å²) >= 11 is 0. The predicted molar refractivity (Wildman–Crippen MR) is 49.2 cm³/mol. The van der Waals surface area contributed by atoms with Gasteiger partial charge in [-0.2, -0.15) is 15.4 Å².